The molecule has 0 radical (unpaired) electrons. The zero-order chi connectivity index (χ0) is 14.5. The molecular formula is C15H12ClNO3. The van der Waals surface area contributed by atoms with Crippen molar-refractivity contribution in [2.45, 2.75) is 13.0 Å². The molecule has 0 aliphatic heterocycles. The van der Waals surface area contributed by atoms with E-state index in [-0.39, 0.29) is 5.78 Å². The maximum Gasteiger partial charge on any atom is 0.340 e. The standard InChI is InChI=1S/C15H12ClNO3/c1-10(14(18)11-4-6-13(16)7-5-11)20-15(19)12-3-2-8-17-9-12/h2-10H,1H3. The smallest absolute Gasteiger partial charge is 0.340 e. The molecule has 0 saturated heterocycles. The fourth-order valence-corrected chi connectivity index (χ4v) is 1.74. The number of nitrogens with zero attached hydrogens (tertiary/aromatic N) is 1. The summed E-state index contributed by atoms with van der Waals surface area (Å²) in [6.45, 7) is 1.53. The highest BCUT2D eigenvalue weighted by Crippen LogP contribution is 2.13. The van der Waals surface area contributed by atoms with Crippen molar-refractivity contribution in [2.24, 2.45) is 0 Å². The molecule has 102 valence electrons. The average Bonchev–Trinajstić information content (AvgIpc) is 2.48. The van der Waals surface area contributed by atoms with Crippen LogP contribution in [0.5, 0.6) is 0 Å². The number of ketones is 1. The summed E-state index contributed by atoms with van der Waals surface area (Å²) in [6.07, 6.45) is 2.07. The second-order valence-electron chi connectivity index (χ2n) is 4.16. The molecule has 0 bridgehead atoms. The second-order valence-corrected chi connectivity index (χ2v) is 4.60. The number of benzene rings is 1. The molecule has 2 aromatic rings. The number of esters is 1. The molecule has 0 saturated carbocycles. The highest BCUT2D eigenvalue weighted by Gasteiger charge is 2.20. The van der Waals surface area contributed by atoms with Gasteiger partial charge in [-0.25, -0.2) is 4.79 Å². The Balaban J connectivity index is 2.05. The lowest BCUT2D eigenvalue weighted by atomic mass is 10.1. The molecular weight excluding hydrogens is 278 g/mol. The third kappa shape index (κ3) is 3.42. The Hall–Kier alpha value is -2.20. The van der Waals surface area contributed by atoms with Crippen molar-refractivity contribution in [3.05, 3.63) is 64.9 Å². The van der Waals surface area contributed by atoms with Crippen LogP contribution in [0, 0.1) is 0 Å². The first-order valence-electron chi connectivity index (χ1n) is 5.98. The van der Waals surface area contributed by atoms with Crippen LogP contribution in [0.15, 0.2) is 48.8 Å². The predicted octanol–water partition coefficient (Wildman–Crippen LogP) is 3.16. The molecule has 1 unspecified atom stereocenters. The van der Waals surface area contributed by atoms with Crippen LogP contribution >= 0.6 is 11.6 Å². The number of rotatable bonds is 4. The Bertz CT molecular complexity index is 611. The first kappa shape index (κ1) is 14.2. The van der Waals surface area contributed by atoms with Crippen molar-refractivity contribution in [3.63, 3.8) is 0 Å². The predicted molar refractivity (Wildman–Crippen MR) is 74.9 cm³/mol. The van der Waals surface area contributed by atoms with E-state index in [4.69, 9.17) is 16.3 Å². The molecule has 20 heavy (non-hydrogen) atoms. The number of hydrogen-bond donors (Lipinski definition) is 0. The summed E-state index contributed by atoms with van der Waals surface area (Å²) in [5.74, 6) is -0.855. The molecule has 4 nitrogen and oxygen atoms in total. The van der Waals surface area contributed by atoms with E-state index in [0.717, 1.165) is 0 Å². The highest BCUT2D eigenvalue weighted by atomic mass is 35.5. The average molecular weight is 290 g/mol. The lowest BCUT2D eigenvalue weighted by Crippen LogP contribution is -2.24. The van der Waals surface area contributed by atoms with Gasteiger partial charge in [-0.05, 0) is 43.3 Å². The van der Waals surface area contributed by atoms with Gasteiger partial charge in [-0.3, -0.25) is 9.78 Å². The normalized spacial score (nSPS) is 11.7. The fraction of sp³-hybridized carbons (Fsp3) is 0.133. The van der Waals surface area contributed by atoms with Gasteiger partial charge in [0.2, 0.25) is 5.78 Å². The van der Waals surface area contributed by atoms with Crippen LogP contribution < -0.4 is 0 Å². The summed E-state index contributed by atoms with van der Waals surface area (Å²) in [6, 6.07) is 9.63. The van der Waals surface area contributed by atoms with Gasteiger partial charge < -0.3 is 4.74 Å². The fourth-order valence-electron chi connectivity index (χ4n) is 1.61. The van der Waals surface area contributed by atoms with E-state index in [0.29, 0.717) is 16.1 Å². The van der Waals surface area contributed by atoms with Crippen LogP contribution in [0.1, 0.15) is 27.6 Å². The number of carbonyl (C=O) groups is 2. The van der Waals surface area contributed by atoms with Gasteiger partial charge in [0.1, 0.15) is 0 Å². The van der Waals surface area contributed by atoms with E-state index in [1.54, 1.807) is 42.6 Å². The van der Waals surface area contributed by atoms with E-state index in [9.17, 15) is 9.59 Å². The number of ether oxygens (including phenoxy) is 1. The van der Waals surface area contributed by atoms with Crippen molar-refractivity contribution in [2.75, 3.05) is 0 Å². The third-order valence-corrected chi connectivity index (χ3v) is 2.93. The first-order chi connectivity index (χ1) is 9.58. The minimum absolute atomic E-state index is 0.279. The Morgan fingerprint density at radius 1 is 1.15 bits per heavy atom. The lowest BCUT2D eigenvalue weighted by molar-refractivity contribution is 0.0318. The number of Topliss-reactive ketones (excluding diaryl/α,β-unsaturated/α-hetero) is 1. The summed E-state index contributed by atoms with van der Waals surface area (Å²) >= 11 is 5.76. The van der Waals surface area contributed by atoms with E-state index in [1.807, 2.05) is 0 Å². The van der Waals surface area contributed by atoms with Gasteiger partial charge in [-0.2, -0.15) is 0 Å². The van der Waals surface area contributed by atoms with Crippen molar-refractivity contribution < 1.29 is 14.3 Å². The summed E-state index contributed by atoms with van der Waals surface area (Å²) in [7, 11) is 0. The maximum atomic E-state index is 12.1. The SMILES string of the molecule is CC(OC(=O)c1cccnc1)C(=O)c1ccc(Cl)cc1. The molecule has 0 amide bonds. The quantitative estimate of drug-likeness (QED) is 0.641. The number of pyridine rings is 1. The van der Waals surface area contributed by atoms with E-state index in [2.05, 4.69) is 4.98 Å². The monoisotopic (exact) mass is 289 g/mol. The molecule has 1 atom stereocenters. The highest BCUT2D eigenvalue weighted by molar-refractivity contribution is 6.30. The van der Waals surface area contributed by atoms with E-state index < -0.39 is 12.1 Å². The summed E-state index contributed by atoms with van der Waals surface area (Å²) in [4.78, 5) is 27.7. The van der Waals surface area contributed by atoms with Gasteiger partial charge in [0.15, 0.2) is 6.10 Å². The zero-order valence-electron chi connectivity index (χ0n) is 10.7. The number of halogens is 1. The minimum Gasteiger partial charge on any atom is -0.451 e. The van der Waals surface area contributed by atoms with Gasteiger partial charge in [0, 0.05) is 23.0 Å². The van der Waals surface area contributed by atoms with Crippen molar-refractivity contribution in [1.82, 2.24) is 4.98 Å². The molecule has 0 N–H and O–H groups in total. The maximum absolute atomic E-state index is 12.1. The summed E-state index contributed by atoms with van der Waals surface area (Å²) < 4.78 is 5.12. The van der Waals surface area contributed by atoms with Crippen LogP contribution in [0.25, 0.3) is 0 Å². The Morgan fingerprint density at radius 3 is 2.45 bits per heavy atom. The Labute approximate surface area is 121 Å². The molecule has 2 rings (SSSR count). The van der Waals surface area contributed by atoms with Gasteiger partial charge in [-0.1, -0.05) is 11.6 Å². The molecule has 0 aliphatic carbocycles. The molecule has 1 aromatic heterocycles. The van der Waals surface area contributed by atoms with E-state index in [1.165, 1.54) is 13.1 Å². The molecule has 5 heteroatoms. The number of carbonyl (C=O) groups excluding carboxylic acids is 2. The van der Waals surface area contributed by atoms with Gasteiger partial charge in [-0.15, -0.1) is 0 Å². The molecule has 1 aromatic carbocycles. The largest absolute Gasteiger partial charge is 0.451 e. The molecule has 0 spiro atoms. The van der Waals surface area contributed by atoms with Crippen LogP contribution in [0.3, 0.4) is 0 Å². The molecule has 0 fully saturated rings. The summed E-state index contributed by atoms with van der Waals surface area (Å²) in [5, 5.41) is 0.543. The second kappa shape index (κ2) is 6.30. The van der Waals surface area contributed by atoms with Gasteiger partial charge >= 0.3 is 5.97 Å². The molecule has 0 aliphatic rings. The van der Waals surface area contributed by atoms with Crippen LogP contribution in [-0.4, -0.2) is 22.8 Å². The lowest BCUT2D eigenvalue weighted by Gasteiger charge is -2.12. The van der Waals surface area contributed by atoms with Crippen molar-refractivity contribution in [1.29, 1.82) is 0 Å². The Morgan fingerprint density at radius 2 is 1.85 bits per heavy atom. The number of aromatic nitrogens is 1. The van der Waals surface area contributed by atoms with Crippen LogP contribution in [0.4, 0.5) is 0 Å². The minimum atomic E-state index is -0.871. The summed E-state index contributed by atoms with van der Waals surface area (Å²) in [5.41, 5.74) is 0.754. The third-order valence-electron chi connectivity index (χ3n) is 2.68. The zero-order valence-corrected chi connectivity index (χ0v) is 11.5. The van der Waals surface area contributed by atoms with Crippen molar-refractivity contribution in [3.8, 4) is 0 Å². The van der Waals surface area contributed by atoms with Crippen LogP contribution in [-0.2, 0) is 4.74 Å². The van der Waals surface area contributed by atoms with Gasteiger partial charge in [0.25, 0.3) is 0 Å². The molecule has 1 heterocycles. The topological polar surface area (TPSA) is 56.3 Å². The number of hydrogen-bond acceptors (Lipinski definition) is 4. The van der Waals surface area contributed by atoms with Crippen LogP contribution in [0.2, 0.25) is 5.02 Å². The van der Waals surface area contributed by atoms with E-state index >= 15 is 0 Å². The Kier molecular flexibility index (Phi) is 4.48. The van der Waals surface area contributed by atoms with Crippen molar-refractivity contribution >= 4 is 23.4 Å². The van der Waals surface area contributed by atoms with Gasteiger partial charge in [0.05, 0.1) is 5.56 Å². The first-order valence-corrected chi connectivity index (χ1v) is 6.36.